The minimum Gasteiger partial charge on any atom is -0.465 e. The predicted molar refractivity (Wildman–Crippen MR) is 160 cm³/mol. The first-order valence-corrected chi connectivity index (χ1v) is 14.4. The average molecular weight is 551 g/mol. The zero-order valence-electron chi connectivity index (χ0n) is 24.6. The van der Waals surface area contributed by atoms with Gasteiger partial charge in [-0.05, 0) is 74.9 Å². The second-order valence-electron chi connectivity index (χ2n) is 11.1. The third-order valence-electron chi connectivity index (χ3n) is 8.11. The van der Waals surface area contributed by atoms with Gasteiger partial charge in [-0.3, -0.25) is 9.59 Å². The number of rotatable bonds is 10. The summed E-state index contributed by atoms with van der Waals surface area (Å²) in [4.78, 5) is 28.2. The number of anilines is 1. The molecule has 0 radical (unpaired) electrons. The normalized spacial score (nSPS) is 15.0. The number of carbonyl (C=O) groups is 2. The summed E-state index contributed by atoms with van der Waals surface area (Å²) in [7, 11) is 0. The molecule has 2 atom stereocenters. The van der Waals surface area contributed by atoms with Crippen LogP contribution >= 0.6 is 0 Å². The Hall–Kier alpha value is -4.19. The predicted octanol–water partition coefficient (Wildman–Crippen LogP) is 6.91. The summed E-state index contributed by atoms with van der Waals surface area (Å²) in [6, 6.07) is 22.9. The first kappa shape index (κ1) is 28.3. The monoisotopic (exact) mass is 550 g/mol. The summed E-state index contributed by atoms with van der Waals surface area (Å²) < 4.78 is 10.8. The number of ketones is 1. The van der Waals surface area contributed by atoms with E-state index in [0.717, 1.165) is 39.4 Å². The number of nitrogens with zero attached hydrogens (tertiary/aromatic N) is 2. The fourth-order valence-corrected chi connectivity index (χ4v) is 6.28. The van der Waals surface area contributed by atoms with Crippen molar-refractivity contribution in [3.8, 4) is 0 Å². The summed E-state index contributed by atoms with van der Waals surface area (Å²) in [5.74, 6) is 0.683. The Morgan fingerprint density at radius 3 is 2.49 bits per heavy atom. The molecule has 0 saturated heterocycles. The van der Waals surface area contributed by atoms with E-state index in [1.165, 1.54) is 16.7 Å². The second-order valence-corrected chi connectivity index (χ2v) is 11.1. The molecule has 3 aromatic carbocycles. The van der Waals surface area contributed by atoms with Crippen LogP contribution in [0.5, 0.6) is 0 Å². The van der Waals surface area contributed by atoms with Gasteiger partial charge in [0.15, 0.2) is 0 Å². The van der Waals surface area contributed by atoms with Crippen molar-refractivity contribution >= 4 is 17.4 Å². The number of aryl methyl sites for hydroxylation is 4. The van der Waals surface area contributed by atoms with E-state index in [0.29, 0.717) is 25.9 Å². The number of esters is 1. The second kappa shape index (κ2) is 12.1. The van der Waals surface area contributed by atoms with Gasteiger partial charge < -0.3 is 14.2 Å². The van der Waals surface area contributed by atoms with Gasteiger partial charge in [-0.25, -0.2) is 0 Å². The highest BCUT2D eigenvalue weighted by molar-refractivity contribution is 5.83. The molecule has 0 fully saturated rings. The van der Waals surface area contributed by atoms with Crippen LogP contribution in [0.25, 0.3) is 0 Å². The minimum atomic E-state index is -0.269. The molecule has 212 valence electrons. The molecule has 2 heterocycles. The molecular formula is C35H38N2O4. The summed E-state index contributed by atoms with van der Waals surface area (Å²) in [6.45, 7) is 10.3. The molecule has 41 heavy (non-hydrogen) atoms. The first-order chi connectivity index (χ1) is 19.7. The third-order valence-corrected chi connectivity index (χ3v) is 8.11. The number of fused-ring (bicyclic) bond motifs is 1. The zero-order chi connectivity index (χ0) is 29.1. The Kier molecular flexibility index (Phi) is 8.39. The van der Waals surface area contributed by atoms with Gasteiger partial charge in [-0.2, -0.15) is 0 Å². The lowest BCUT2D eigenvalue weighted by atomic mass is 9.83. The van der Waals surface area contributed by atoms with Crippen molar-refractivity contribution in [1.82, 2.24) is 5.16 Å². The van der Waals surface area contributed by atoms with Crippen LogP contribution in [-0.2, 0) is 27.2 Å². The van der Waals surface area contributed by atoms with Crippen molar-refractivity contribution in [2.75, 3.05) is 18.1 Å². The van der Waals surface area contributed by atoms with Crippen molar-refractivity contribution in [2.24, 2.45) is 0 Å². The number of benzene rings is 3. The van der Waals surface area contributed by atoms with E-state index < -0.39 is 0 Å². The number of ether oxygens (including phenoxy) is 1. The van der Waals surface area contributed by atoms with E-state index in [2.05, 4.69) is 60.3 Å². The van der Waals surface area contributed by atoms with Gasteiger partial charge in [0, 0.05) is 30.0 Å². The number of hydrogen-bond donors (Lipinski definition) is 0. The van der Waals surface area contributed by atoms with Gasteiger partial charge >= 0.3 is 5.97 Å². The van der Waals surface area contributed by atoms with Crippen LogP contribution in [0.15, 0.2) is 71.3 Å². The number of carbonyl (C=O) groups excluding carboxylic acids is 2. The standard InChI is InChI=1S/C35H38N2O4/c1-6-40-34(39)21-37-32-15-13-26(17-28(32)19-33(37)35-24(4)36-41-25(35)5)18-29(38)20-31(27-10-8-7-9-11-27)30-14-12-22(2)16-23(30)3/h7-17,31,33H,6,18-21H2,1-5H3. The lowest BCUT2D eigenvalue weighted by Crippen LogP contribution is -2.32. The fourth-order valence-electron chi connectivity index (χ4n) is 6.28. The maximum Gasteiger partial charge on any atom is 0.325 e. The SMILES string of the molecule is CCOC(=O)CN1c2ccc(CC(=O)CC(c3ccccc3)c3ccc(C)cc3C)cc2CC1c1c(C)noc1C. The van der Waals surface area contributed by atoms with Crippen LogP contribution in [-0.4, -0.2) is 30.1 Å². The topological polar surface area (TPSA) is 72.6 Å². The molecule has 6 nitrogen and oxygen atoms in total. The molecule has 0 amide bonds. The van der Waals surface area contributed by atoms with E-state index in [1.807, 2.05) is 51.1 Å². The smallest absolute Gasteiger partial charge is 0.325 e. The Morgan fingerprint density at radius 2 is 1.80 bits per heavy atom. The van der Waals surface area contributed by atoms with E-state index in [-0.39, 0.29) is 30.3 Å². The van der Waals surface area contributed by atoms with Gasteiger partial charge in [0.2, 0.25) is 0 Å². The molecule has 0 bridgehead atoms. The van der Waals surface area contributed by atoms with Gasteiger partial charge in [-0.15, -0.1) is 0 Å². The van der Waals surface area contributed by atoms with Crippen LogP contribution in [0.3, 0.4) is 0 Å². The minimum absolute atomic E-state index is 0.00252. The number of Topliss-reactive ketones (excluding diaryl/α,β-unsaturated/α-hetero) is 1. The van der Waals surface area contributed by atoms with Gasteiger partial charge in [0.1, 0.15) is 18.1 Å². The Labute approximate surface area is 242 Å². The highest BCUT2D eigenvalue weighted by Crippen LogP contribution is 2.43. The molecule has 1 aliphatic heterocycles. The zero-order valence-corrected chi connectivity index (χ0v) is 24.6. The maximum atomic E-state index is 13.6. The highest BCUT2D eigenvalue weighted by Gasteiger charge is 2.35. The van der Waals surface area contributed by atoms with Crippen LogP contribution in [0.1, 0.15) is 75.7 Å². The molecule has 6 heteroatoms. The van der Waals surface area contributed by atoms with E-state index in [9.17, 15) is 9.59 Å². The Balaban J connectivity index is 1.39. The van der Waals surface area contributed by atoms with Crippen LogP contribution in [0.2, 0.25) is 0 Å². The molecule has 4 aromatic rings. The van der Waals surface area contributed by atoms with Crippen LogP contribution in [0, 0.1) is 27.7 Å². The third kappa shape index (κ3) is 6.12. The van der Waals surface area contributed by atoms with Crippen molar-refractivity contribution < 1.29 is 18.8 Å². The molecule has 0 spiro atoms. The summed E-state index contributed by atoms with van der Waals surface area (Å²) in [6.07, 6.45) is 1.49. The van der Waals surface area contributed by atoms with Gasteiger partial charge in [-0.1, -0.05) is 71.4 Å². The van der Waals surface area contributed by atoms with E-state index >= 15 is 0 Å². The Morgan fingerprint density at radius 1 is 1.02 bits per heavy atom. The molecular weight excluding hydrogens is 512 g/mol. The van der Waals surface area contributed by atoms with Gasteiger partial charge in [0.25, 0.3) is 0 Å². The van der Waals surface area contributed by atoms with Crippen molar-refractivity contribution in [1.29, 1.82) is 0 Å². The lowest BCUT2D eigenvalue weighted by Gasteiger charge is -2.26. The quantitative estimate of drug-likeness (QED) is 0.200. The number of hydrogen-bond acceptors (Lipinski definition) is 6. The average Bonchev–Trinajstić information content (AvgIpc) is 3.45. The molecule has 1 aromatic heterocycles. The molecule has 0 N–H and O–H groups in total. The van der Waals surface area contributed by atoms with Crippen LogP contribution in [0.4, 0.5) is 5.69 Å². The van der Waals surface area contributed by atoms with E-state index in [1.54, 1.807) is 0 Å². The molecule has 1 aliphatic rings. The molecule has 5 rings (SSSR count). The summed E-state index contributed by atoms with van der Waals surface area (Å²) in [5, 5.41) is 4.16. The fraction of sp³-hybridized carbons (Fsp3) is 0.343. The van der Waals surface area contributed by atoms with Gasteiger partial charge in [0.05, 0.1) is 18.3 Å². The summed E-state index contributed by atoms with van der Waals surface area (Å²) >= 11 is 0. The largest absolute Gasteiger partial charge is 0.465 e. The number of aromatic nitrogens is 1. The highest BCUT2D eigenvalue weighted by atomic mass is 16.5. The van der Waals surface area contributed by atoms with Crippen molar-refractivity contribution in [3.05, 3.63) is 117 Å². The molecule has 0 aliphatic carbocycles. The molecule has 0 saturated carbocycles. The Bertz CT molecular complexity index is 1540. The lowest BCUT2D eigenvalue weighted by molar-refractivity contribution is -0.141. The van der Waals surface area contributed by atoms with Crippen molar-refractivity contribution in [3.63, 3.8) is 0 Å². The van der Waals surface area contributed by atoms with Crippen LogP contribution < -0.4 is 4.90 Å². The first-order valence-electron chi connectivity index (χ1n) is 14.4. The maximum absolute atomic E-state index is 13.6. The van der Waals surface area contributed by atoms with E-state index in [4.69, 9.17) is 9.26 Å². The summed E-state index contributed by atoms with van der Waals surface area (Å²) in [5.41, 5.74) is 9.67. The molecule has 2 unspecified atom stereocenters. The van der Waals surface area contributed by atoms with Crippen molar-refractivity contribution in [2.45, 2.75) is 65.8 Å².